The molecule has 0 radical (unpaired) electrons. The van der Waals surface area contributed by atoms with Crippen molar-refractivity contribution < 1.29 is 8.78 Å². The van der Waals surface area contributed by atoms with Crippen LogP contribution in [0.3, 0.4) is 0 Å². The van der Waals surface area contributed by atoms with Gasteiger partial charge < -0.3 is 0 Å². The number of aryl methyl sites for hydroxylation is 1. The van der Waals surface area contributed by atoms with Gasteiger partial charge in [0.1, 0.15) is 18.0 Å². The highest BCUT2D eigenvalue weighted by molar-refractivity contribution is 5.60. The first-order valence-corrected chi connectivity index (χ1v) is 4.96. The van der Waals surface area contributed by atoms with Gasteiger partial charge in [-0.05, 0) is 30.2 Å². The fraction of sp³-hybridized carbons (Fsp3) is 0.167. The molecule has 82 valence electrons. The van der Waals surface area contributed by atoms with Crippen LogP contribution >= 0.6 is 0 Å². The first-order chi connectivity index (χ1) is 7.72. The van der Waals surface area contributed by atoms with E-state index < -0.39 is 11.6 Å². The largest absolute Gasteiger partial charge is 0.245 e. The monoisotopic (exact) mass is 220 g/mol. The predicted molar refractivity (Wildman–Crippen MR) is 56.8 cm³/mol. The summed E-state index contributed by atoms with van der Waals surface area (Å²) in [5.74, 6) is -0.866. The van der Waals surface area contributed by atoms with Gasteiger partial charge in [0.15, 0.2) is 0 Å². The van der Waals surface area contributed by atoms with Gasteiger partial charge in [0, 0.05) is 11.8 Å². The molecule has 0 aliphatic rings. The number of rotatable bonds is 2. The maximum Gasteiger partial charge on any atom is 0.133 e. The van der Waals surface area contributed by atoms with E-state index in [0.717, 1.165) is 0 Å². The van der Waals surface area contributed by atoms with Crippen molar-refractivity contribution in [3.8, 4) is 11.3 Å². The Morgan fingerprint density at radius 1 is 1.19 bits per heavy atom. The van der Waals surface area contributed by atoms with Gasteiger partial charge in [-0.3, -0.25) is 0 Å². The summed E-state index contributed by atoms with van der Waals surface area (Å²) in [5, 5.41) is 0. The summed E-state index contributed by atoms with van der Waals surface area (Å²) in [7, 11) is 0. The van der Waals surface area contributed by atoms with Gasteiger partial charge in [0.25, 0.3) is 0 Å². The zero-order valence-corrected chi connectivity index (χ0v) is 8.74. The van der Waals surface area contributed by atoms with Crippen LogP contribution in [0.25, 0.3) is 11.3 Å². The van der Waals surface area contributed by atoms with Gasteiger partial charge in [0.2, 0.25) is 0 Å². The smallest absolute Gasteiger partial charge is 0.133 e. The fourth-order valence-electron chi connectivity index (χ4n) is 1.51. The van der Waals surface area contributed by atoms with Crippen LogP contribution in [0.2, 0.25) is 0 Å². The highest BCUT2D eigenvalue weighted by Gasteiger charge is 2.11. The lowest BCUT2D eigenvalue weighted by atomic mass is 10.1. The van der Waals surface area contributed by atoms with E-state index in [1.165, 1.54) is 24.7 Å². The average Bonchev–Trinajstić information content (AvgIpc) is 2.32. The number of hydrogen-bond acceptors (Lipinski definition) is 2. The Morgan fingerprint density at radius 2 is 2.00 bits per heavy atom. The van der Waals surface area contributed by atoms with Gasteiger partial charge in [-0.1, -0.05) is 6.92 Å². The molecule has 0 saturated carbocycles. The van der Waals surface area contributed by atoms with Crippen molar-refractivity contribution in [3.63, 3.8) is 0 Å². The van der Waals surface area contributed by atoms with Crippen LogP contribution in [-0.4, -0.2) is 9.97 Å². The zero-order chi connectivity index (χ0) is 11.5. The molecule has 2 nitrogen and oxygen atoms in total. The molecule has 0 fully saturated rings. The van der Waals surface area contributed by atoms with Crippen molar-refractivity contribution in [2.45, 2.75) is 13.3 Å². The first-order valence-electron chi connectivity index (χ1n) is 4.96. The van der Waals surface area contributed by atoms with Gasteiger partial charge in [-0.25, -0.2) is 18.7 Å². The van der Waals surface area contributed by atoms with Crippen LogP contribution in [0.5, 0.6) is 0 Å². The third-order valence-corrected chi connectivity index (χ3v) is 2.37. The van der Waals surface area contributed by atoms with Gasteiger partial charge in [-0.2, -0.15) is 0 Å². The topological polar surface area (TPSA) is 25.8 Å². The molecule has 0 saturated heterocycles. The predicted octanol–water partition coefficient (Wildman–Crippen LogP) is 2.98. The second-order valence-corrected chi connectivity index (χ2v) is 3.37. The highest BCUT2D eigenvalue weighted by atomic mass is 19.1. The maximum absolute atomic E-state index is 13.7. The van der Waals surface area contributed by atoms with Crippen molar-refractivity contribution in [1.29, 1.82) is 0 Å². The molecule has 2 rings (SSSR count). The molecule has 4 heteroatoms. The summed E-state index contributed by atoms with van der Waals surface area (Å²) in [6.07, 6.45) is 3.26. The summed E-state index contributed by atoms with van der Waals surface area (Å²) in [5.41, 5.74) is 0.918. The van der Waals surface area contributed by atoms with Gasteiger partial charge in [-0.15, -0.1) is 0 Å². The Labute approximate surface area is 92.0 Å². The third kappa shape index (κ3) is 1.91. The molecular weight excluding hydrogens is 210 g/mol. The van der Waals surface area contributed by atoms with Crippen LogP contribution in [0, 0.1) is 11.6 Å². The number of halogens is 2. The van der Waals surface area contributed by atoms with Crippen LogP contribution in [0.1, 0.15) is 12.5 Å². The summed E-state index contributed by atoms with van der Waals surface area (Å²) >= 11 is 0. The Bertz CT molecular complexity index is 498. The fourth-order valence-corrected chi connectivity index (χ4v) is 1.51. The second kappa shape index (κ2) is 4.35. The molecule has 16 heavy (non-hydrogen) atoms. The lowest BCUT2D eigenvalue weighted by molar-refractivity contribution is 0.589. The molecule has 0 aliphatic heterocycles. The van der Waals surface area contributed by atoms with Crippen LogP contribution in [0.15, 0.2) is 30.7 Å². The Kier molecular flexibility index (Phi) is 2.90. The standard InChI is InChI=1S/C12H10F2N2/c1-2-8-5-11(14)9(6-10(8)13)12-3-4-15-7-16-12/h3-7H,2H2,1H3. The molecule has 0 bridgehead atoms. The minimum absolute atomic E-state index is 0.164. The molecule has 0 amide bonds. The lowest BCUT2D eigenvalue weighted by Crippen LogP contribution is -1.95. The van der Waals surface area contributed by atoms with E-state index >= 15 is 0 Å². The summed E-state index contributed by atoms with van der Waals surface area (Å²) in [6, 6.07) is 3.94. The lowest BCUT2D eigenvalue weighted by Gasteiger charge is -2.05. The molecular formula is C12H10F2N2. The van der Waals surface area contributed by atoms with E-state index in [1.54, 1.807) is 13.0 Å². The van der Waals surface area contributed by atoms with Crippen molar-refractivity contribution in [2.24, 2.45) is 0 Å². The van der Waals surface area contributed by atoms with Crippen molar-refractivity contribution in [1.82, 2.24) is 9.97 Å². The molecule has 0 unspecified atom stereocenters. The minimum Gasteiger partial charge on any atom is -0.245 e. The Balaban J connectivity index is 2.55. The van der Waals surface area contributed by atoms with E-state index in [1.807, 2.05) is 0 Å². The highest BCUT2D eigenvalue weighted by Crippen LogP contribution is 2.23. The van der Waals surface area contributed by atoms with E-state index in [9.17, 15) is 8.78 Å². The Morgan fingerprint density at radius 3 is 2.62 bits per heavy atom. The summed E-state index contributed by atoms with van der Waals surface area (Å²) in [4.78, 5) is 7.62. The number of nitrogens with zero attached hydrogens (tertiary/aromatic N) is 2. The first kappa shape index (κ1) is 10.7. The molecule has 1 aromatic heterocycles. The molecule has 0 N–H and O–H groups in total. The zero-order valence-electron chi connectivity index (χ0n) is 8.74. The van der Waals surface area contributed by atoms with Crippen molar-refractivity contribution in [2.75, 3.05) is 0 Å². The molecule has 0 atom stereocenters. The molecule has 0 spiro atoms. The van der Waals surface area contributed by atoms with E-state index in [4.69, 9.17) is 0 Å². The van der Waals surface area contributed by atoms with Gasteiger partial charge in [0.05, 0.1) is 5.69 Å². The quantitative estimate of drug-likeness (QED) is 0.777. The van der Waals surface area contributed by atoms with E-state index in [2.05, 4.69) is 9.97 Å². The number of hydrogen-bond donors (Lipinski definition) is 0. The van der Waals surface area contributed by atoms with Crippen LogP contribution in [-0.2, 0) is 6.42 Å². The molecule has 2 aromatic rings. The second-order valence-electron chi connectivity index (χ2n) is 3.37. The molecule has 0 aliphatic carbocycles. The average molecular weight is 220 g/mol. The van der Waals surface area contributed by atoms with Crippen molar-refractivity contribution in [3.05, 3.63) is 47.9 Å². The third-order valence-electron chi connectivity index (χ3n) is 2.37. The molecule has 1 heterocycles. The minimum atomic E-state index is -0.461. The van der Waals surface area contributed by atoms with Crippen LogP contribution in [0.4, 0.5) is 8.78 Å². The van der Waals surface area contributed by atoms with E-state index in [0.29, 0.717) is 17.7 Å². The number of benzene rings is 1. The maximum atomic E-state index is 13.7. The van der Waals surface area contributed by atoms with Crippen molar-refractivity contribution >= 4 is 0 Å². The molecule has 1 aromatic carbocycles. The SMILES string of the molecule is CCc1cc(F)c(-c2ccncn2)cc1F. The normalized spacial score (nSPS) is 10.4. The Hall–Kier alpha value is -1.84. The van der Waals surface area contributed by atoms with Crippen LogP contribution < -0.4 is 0 Å². The number of aromatic nitrogens is 2. The summed E-state index contributed by atoms with van der Waals surface area (Å²) in [6.45, 7) is 1.78. The van der Waals surface area contributed by atoms with E-state index in [-0.39, 0.29) is 5.56 Å². The summed E-state index contributed by atoms with van der Waals surface area (Å²) < 4.78 is 27.2. The van der Waals surface area contributed by atoms with Gasteiger partial charge >= 0.3 is 0 Å².